The minimum atomic E-state index is -4.56. The van der Waals surface area contributed by atoms with Gasteiger partial charge in [-0.2, -0.15) is 8.78 Å². The lowest BCUT2D eigenvalue weighted by Gasteiger charge is -2.16. The van der Waals surface area contributed by atoms with Crippen molar-refractivity contribution < 1.29 is 30.4 Å². The van der Waals surface area contributed by atoms with Crippen LogP contribution in [0.4, 0.5) is 27.6 Å². The van der Waals surface area contributed by atoms with Gasteiger partial charge in [0.1, 0.15) is 5.82 Å². The monoisotopic (exact) mass is 304 g/mol. The Morgan fingerprint density at radius 3 is 2.32 bits per heavy atom. The Morgan fingerprint density at radius 1 is 1.26 bits per heavy atom. The molecule has 0 radical (unpaired) electrons. The Labute approximate surface area is 105 Å². The average Bonchev–Trinajstić information content (AvgIpc) is 2.25. The van der Waals surface area contributed by atoms with Gasteiger partial charge in [0, 0.05) is 5.69 Å². The predicted octanol–water partition coefficient (Wildman–Crippen LogP) is 1.59. The number of nitrogens with two attached hydrogens (primary N) is 1. The van der Waals surface area contributed by atoms with E-state index < -0.39 is 39.6 Å². The molecule has 0 fully saturated rings. The van der Waals surface area contributed by atoms with Crippen LogP contribution < -0.4 is 10.5 Å². The van der Waals surface area contributed by atoms with E-state index in [2.05, 4.69) is 0 Å². The third kappa shape index (κ3) is 4.03. The molecule has 3 N–H and O–H groups in total. The van der Waals surface area contributed by atoms with Crippen LogP contribution in [0.3, 0.4) is 0 Å². The maximum absolute atomic E-state index is 12.9. The number of benzene rings is 1. The van der Waals surface area contributed by atoms with Gasteiger partial charge in [-0.25, -0.2) is 26.3 Å². The van der Waals surface area contributed by atoms with Crippen molar-refractivity contribution in [3.05, 3.63) is 24.0 Å². The van der Waals surface area contributed by atoms with E-state index in [9.17, 15) is 30.4 Å². The Hall–Kier alpha value is -1.42. The molecule has 0 aliphatic carbocycles. The highest BCUT2D eigenvalue weighted by Gasteiger charge is 2.41. The van der Waals surface area contributed by atoms with Gasteiger partial charge in [0.25, 0.3) is 0 Å². The van der Waals surface area contributed by atoms with Crippen molar-refractivity contribution >= 4 is 15.7 Å². The summed E-state index contributed by atoms with van der Waals surface area (Å²) in [6.07, 6.45) is -4.02. The summed E-state index contributed by atoms with van der Waals surface area (Å²) in [6, 6.07) is 2.15. The normalized spacial score (nSPS) is 12.9. The number of hydrogen-bond acceptors (Lipinski definition) is 3. The van der Waals surface area contributed by atoms with E-state index >= 15 is 0 Å². The van der Waals surface area contributed by atoms with Gasteiger partial charge in [0.05, 0.1) is 11.4 Å². The van der Waals surface area contributed by atoms with Gasteiger partial charge >= 0.3 is 12.3 Å². The van der Waals surface area contributed by atoms with Crippen LogP contribution in [-0.2, 0) is 10.0 Å². The molecule has 0 saturated heterocycles. The molecule has 10 heteroatoms. The molecule has 0 aliphatic heterocycles. The van der Waals surface area contributed by atoms with Crippen LogP contribution in [0.1, 0.15) is 0 Å². The lowest BCUT2D eigenvalue weighted by atomic mass is 10.3. The van der Waals surface area contributed by atoms with Crippen LogP contribution in [0.2, 0.25) is 0 Å². The molecular formula is C9H9F5N2O2S. The molecule has 1 aromatic rings. The van der Waals surface area contributed by atoms with E-state index in [1.807, 2.05) is 0 Å². The van der Waals surface area contributed by atoms with E-state index in [-0.39, 0.29) is 5.69 Å². The van der Waals surface area contributed by atoms with Crippen LogP contribution >= 0.6 is 0 Å². The number of sulfonamides is 1. The predicted molar refractivity (Wildman–Crippen MR) is 57.0 cm³/mol. The summed E-state index contributed by atoms with van der Waals surface area (Å²) in [5, 5.41) is 0. The standard InChI is InChI=1S/C9H9F5N2O2S/c10-5-1-6(15)3-7(2-5)19(17,18)16-4-9(13,14)8(11)12/h1-3,8,16H,4,15H2. The Kier molecular flexibility index (Phi) is 4.35. The number of nitrogen functional groups attached to an aromatic ring is 1. The highest BCUT2D eigenvalue weighted by molar-refractivity contribution is 7.89. The summed E-state index contributed by atoms with van der Waals surface area (Å²) in [7, 11) is -4.56. The van der Waals surface area contributed by atoms with E-state index in [1.165, 1.54) is 4.72 Å². The third-order valence-electron chi connectivity index (χ3n) is 2.02. The molecule has 0 amide bonds. The molecule has 0 aromatic heterocycles. The molecule has 0 aliphatic rings. The Bertz CT molecular complexity index is 541. The summed E-state index contributed by atoms with van der Waals surface area (Å²) in [6.45, 7) is -1.80. The SMILES string of the molecule is Nc1cc(F)cc(S(=O)(=O)NCC(F)(F)C(F)F)c1. The van der Waals surface area contributed by atoms with Gasteiger partial charge in [-0.1, -0.05) is 0 Å². The minimum absolute atomic E-state index is 0.249. The lowest BCUT2D eigenvalue weighted by Crippen LogP contribution is -2.41. The number of alkyl halides is 4. The van der Waals surface area contributed by atoms with Crippen LogP contribution in [0.15, 0.2) is 23.1 Å². The van der Waals surface area contributed by atoms with Crippen LogP contribution in [0.25, 0.3) is 0 Å². The Morgan fingerprint density at radius 2 is 1.84 bits per heavy atom. The molecule has 0 spiro atoms. The zero-order valence-corrected chi connectivity index (χ0v) is 10.0. The molecular weight excluding hydrogens is 295 g/mol. The first-order valence-corrected chi connectivity index (χ1v) is 6.24. The average molecular weight is 304 g/mol. The van der Waals surface area contributed by atoms with Crippen molar-refractivity contribution in [1.82, 2.24) is 4.72 Å². The summed E-state index contributed by atoms with van der Waals surface area (Å²) < 4.78 is 86.0. The molecule has 108 valence electrons. The lowest BCUT2D eigenvalue weighted by molar-refractivity contribution is -0.122. The molecule has 19 heavy (non-hydrogen) atoms. The van der Waals surface area contributed by atoms with Crippen molar-refractivity contribution in [2.45, 2.75) is 17.2 Å². The van der Waals surface area contributed by atoms with Gasteiger partial charge < -0.3 is 5.73 Å². The van der Waals surface area contributed by atoms with Crippen LogP contribution in [-0.4, -0.2) is 27.3 Å². The molecule has 4 nitrogen and oxygen atoms in total. The third-order valence-corrected chi connectivity index (χ3v) is 3.40. The van der Waals surface area contributed by atoms with Crippen molar-refractivity contribution in [1.29, 1.82) is 0 Å². The zero-order valence-electron chi connectivity index (χ0n) is 9.21. The van der Waals surface area contributed by atoms with E-state index in [4.69, 9.17) is 5.73 Å². The van der Waals surface area contributed by atoms with Crippen LogP contribution in [0.5, 0.6) is 0 Å². The van der Waals surface area contributed by atoms with E-state index in [0.717, 1.165) is 12.1 Å². The summed E-state index contributed by atoms with van der Waals surface area (Å²) in [4.78, 5) is -0.727. The van der Waals surface area contributed by atoms with Gasteiger partial charge in [-0.05, 0) is 18.2 Å². The number of hydrogen-bond donors (Lipinski definition) is 2. The first-order valence-electron chi connectivity index (χ1n) is 4.76. The summed E-state index contributed by atoms with van der Waals surface area (Å²) >= 11 is 0. The van der Waals surface area contributed by atoms with Crippen molar-refractivity contribution in [2.24, 2.45) is 0 Å². The number of anilines is 1. The highest BCUT2D eigenvalue weighted by Crippen LogP contribution is 2.23. The van der Waals surface area contributed by atoms with E-state index in [0.29, 0.717) is 6.07 Å². The second kappa shape index (κ2) is 5.29. The zero-order chi connectivity index (χ0) is 14.8. The molecule has 1 rings (SSSR count). The number of rotatable bonds is 5. The van der Waals surface area contributed by atoms with Crippen molar-refractivity contribution in [3.63, 3.8) is 0 Å². The smallest absolute Gasteiger partial charge is 0.320 e. The Balaban J connectivity index is 2.93. The number of halogens is 5. The minimum Gasteiger partial charge on any atom is -0.399 e. The second-order valence-electron chi connectivity index (χ2n) is 3.61. The van der Waals surface area contributed by atoms with Gasteiger partial charge in [-0.3, -0.25) is 0 Å². The van der Waals surface area contributed by atoms with Crippen LogP contribution in [0, 0.1) is 5.82 Å². The van der Waals surface area contributed by atoms with Gasteiger partial charge in [0.15, 0.2) is 0 Å². The first kappa shape index (κ1) is 15.6. The van der Waals surface area contributed by atoms with Crippen molar-refractivity contribution in [3.8, 4) is 0 Å². The summed E-state index contributed by atoms with van der Waals surface area (Å²) in [5.74, 6) is -5.52. The first-order chi connectivity index (χ1) is 8.54. The maximum atomic E-state index is 12.9. The molecule has 1 aromatic carbocycles. The highest BCUT2D eigenvalue weighted by atomic mass is 32.2. The fourth-order valence-electron chi connectivity index (χ4n) is 1.09. The van der Waals surface area contributed by atoms with Crippen molar-refractivity contribution in [2.75, 3.05) is 12.3 Å². The van der Waals surface area contributed by atoms with Gasteiger partial charge in [0.2, 0.25) is 10.0 Å². The largest absolute Gasteiger partial charge is 0.399 e. The number of nitrogens with one attached hydrogen (secondary N) is 1. The molecule has 0 bridgehead atoms. The fourth-order valence-corrected chi connectivity index (χ4v) is 2.20. The topological polar surface area (TPSA) is 72.2 Å². The quantitative estimate of drug-likeness (QED) is 0.641. The second-order valence-corrected chi connectivity index (χ2v) is 5.37. The molecule has 0 heterocycles. The molecule has 0 atom stereocenters. The van der Waals surface area contributed by atoms with E-state index in [1.54, 1.807) is 0 Å². The van der Waals surface area contributed by atoms with Gasteiger partial charge in [-0.15, -0.1) is 0 Å². The summed E-state index contributed by atoms with van der Waals surface area (Å²) in [5.41, 5.74) is 4.94. The fraction of sp³-hybridized carbons (Fsp3) is 0.333. The molecule has 0 unspecified atom stereocenters. The molecule has 0 saturated carbocycles. The maximum Gasteiger partial charge on any atom is 0.320 e.